The molecule has 2 aromatic heterocycles. The Morgan fingerprint density at radius 3 is 2.40 bits per heavy atom. The molecule has 0 aliphatic rings. The van der Waals surface area contributed by atoms with E-state index in [-0.39, 0.29) is 28.8 Å². The summed E-state index contributed by atoms with van der Waals surface area (Å²) in [7, 11) is 0. The maximum Gasteiger partial charge on any atom is 0.414 e. The first kappa shape index (κ1) is 23.0. The lowest BCUT2D eigenvalue weighted by atomic mass is 10.0. The zero-order chi connectivity index (χ0) is 22.3. The minimum atomic E-state index is -0.821. The molecular weight excluding hydrogens is 412 g/mol. The van der Waals surface area contributed by atoms with Crippen LogP contribution in [0.2, 0.25) is 5.15 Å². The Labute approximate surface area is 178 Å². The summed E-state index contributed by atoms with van der Waals surface area (Å²) >= 11 is 5.97. The predicted octanol–water partition coefficient (Wildman–Crippen LogP) is 3.70. The third kappa shape index (κ3) is 6.63. The molecule has 158 valence electrons. The van der Waals surface area contributed by atoms with Crippen LogP contribution in [-0.4, -0.2) is 45.0 Å². The molecule has 10 heteroatoms. The molecule has 0 aliphatic carbocycles. The standard InChI is InChI=1S/C20H21ClN4O5/c1-5-29-17(27)14(15(26)13-7-6-8-22-16(13)21)9-12-10-23-18(24-11-12)25-19(28)30-20(2,3)4/h6-11H,5H2,1-4H3,(H,23,24,25,28)/b14-9+. The number of ketones is 1. The van der Waals surface area contributed by atoms with E-state index >= 15 is 0 Å². The first-order chi connectivity index (χ1) is 14.1. The van der Waals surface area contributed by atoms with E-state index in [1.807, 2.05) is 0 Å². The largest absolute Gasteiger partial charge is 0.462 e. The summed E-state index contributed by atoms with van der Waals surface area (Å²) in [6, 6.07) is 2.98. The van der Waals surface area contributed by atoms with Crippen LogP contribution >= 0.6 is 11.6 Å². The molecule has 1 N–H and O–H groups in total. The maximum absolute atomic E-state index is 12.8. The highest BCUT2D eigenvalue weighted by Crippen LogP contribution is 2.19. The SMILES string of the molecule is CCOC(=O)/C(=C/c1cnc(NC(=O)OC(C)(C)C)nc1)C(=O)c1cccnc1Cl. The lowest BCUT2D eigenvalue weighted by Gasteiger charge is -2.19. The number of nitrogens with one attached hydrogen (secondary N) is 1. The number of Topliss-reactive ketones (excluding diaryl/α,β-unsaturated/α-hetero) is 1. The summed E-state index contributed by atoms with van der Waals surface area (Å²) in [4.78, 5) is 48.8. The zero-order valence-corrected chi connectivity index (χ0v) is 17.7. The average molecular weight is 433 g/mol. The van der Waals surface area contributed by atoms with Crippen LogP contribution in [0.4, 0.5) is 10.7 Å². The fraction of sp³-hybridized carbons (Fsp3) is 0.300. The number of carbonyl (C=O) groups excluding carboxylic acids is 3. The van der Waals surface area contributed by atoms with E-state index in [0.29, 0.717) is 5.56 Å². The van der Waals surface area contributed by atoms with Crippen molar-refractivity contribution in [1.82, 2.24) is 15.0 Å². The highest BCUT2D eigenvalue weighted by atomic mass is 35.5. The van der Waals surface area contributed by atoms with Gasteiger partial charge in [-0.1, -0.05) is 11.6 Å². The van der Waals surface area contributed by atoms with Crippen LogP contribution in [0.5, 0.6) is 0 Å². The van der Waals surface area contributed by atoms with Gasteiger partial charge < -0.3 is 9.47 Å². The minimum Gasteiger partial charge on any atom is -0.462 e. The Hall–Kier alpha value is -3.33. The van der Waals surface area contributed by atoms with Crippen LogP contribution in [0.1, 0.15) is 43.6 Å². The highest BCUT2D eigenvalue weighted by molar-refractivity contribution is 6.36. The lowest BCUT2D eigenvalue weighted by molar-refractivity contribution is -0.137. The van der Waals surface area contributed by atoms with Crippen molar-refractivity contribution in [2.75, 3.05) is 11.9 Å². The molecule has 2 aromatic rings. The molecule has 0 saturated heterocycles. The summed E-state index contributed by atoms with van der Waals surface area (Å²) < 4.78 is 10.1. The second-order valence-electron chi connectivity index (χ2n) is 6.92. The fourth-order valence-corrected chi connectivity index (χ4v) is 2.37. The van der Waals surface area contributed by atoms with Gasteiger partial charge in [0.25, 0.3) is 0 Å². The summed E-state index contributed by atoms with van der Waals surface area (Å²) in [5.41, 5.74) is -0.540. The highest BCUT2D eigenvalue weighted by Gasteiger charge is 2.24. The second-order valence-corrected chi connectivity index (χ2v) is 7.27. The van der Waals surface area contributed by atoms with Crippen molar-refractivity contribution in [3.8, 4) is 0 Å². The summed E-state index contributed by atoms with van der Waals surface area (Å²) in [6.07, 6.45) is 4.66. The average Bonchev–Trinajstić information content (AvgIpc) is 2.66. The van der Waals surface area contributed by atoms with Crippen molar-refractivity contribution in [2.45, 2.75) is 33.3 Å². The second kappa shape index (κ2) is 9.93. The van der Waals surface area contributed by atoms with Crippen molar-refractivity contribution in [3.05, 3.63) is 52.6 Å². The predicted molar refractivity (Wildman–Crippen MR) is 110 cm³/mol. The number of anilines is 1. The van der Waals surface area contributed by atoms with E-state index in [0.717, 1.165) is 0 Å². The van der Waals surface area contributed by atoms with Gasteiger partial charge in [0.1, 0.15) is 16.3 Å². The third-order valence-electron chi connectivity index (χ3n) is 3.34. The summed E-state index contributed by atoms with van der Waals surface area (Å²) in [5.74, 6) is -1.47. The quantitative estimate of drug-likeness (QED) is 0.183. The lowest BCUT2D eigenvalue weighted by Crippen LogP contribution is -2.27. The Morgan fingerprint density at radius 2 is 1.83 bits per heavy atom. The number of carbonyl (C=O) groups is 3. The van der Waals surface area contributed by atoms with Gasteiger partial charge in [0.05, 0.1) is 12.2 Å². The van der Waals surface area contributed by atoms with Crippen LogP contribution in [0, 0.1) is 0 Å². The maximum atomic E-state index is 12.8. The number of hydrogen-bond acceptors (Lipinski definition) is 8. The van der Waals surface area contributed by atoms with E-state index in [1.165, 1.54) is 36.8 Å². The van der Waals surface area contributed by atoms with Crippen molar-refractivity contribution in [1.29, 1.82) is 0 Å². The van der Waals surface area contributed by atoms with Crippen molar-refractivity contribution in [3.63, 3.8) is 0 Å². The summed E-state index contributed by atoms with van der Waals surface area (Å²) in [6.45, 7) is 6.88. The molecule has 2 rings (SSSR count). The number of nitrogens with zero attached hydrogens (tertiary/aromatic N) is 3. The molecule has 0 bridgehead atoms. The number of ether oxygens (including phenoxy) is 2. The zero-order valence-electron chi connectivity index (χ0n) is 16.9. The van der Waals surface area contributed by atoms with Gasteiger partial charge in [-0.3, -0.25) is 10.1 Å². The number of aromatic nitrogens is 3. The number of esters is 1. The van der Waals surface area contributed by atoms with Crippen molar-refractivity contribution in [2.24, 2.45) is 0 Å². The molecule has 0 aliphatic heterocycles. The molecule has 0 aromatic carbocycles. The molecular formula is C20H21ClN4O5. The number of amides is 1. The Morgan fingerprint density at radius 1 is 1.17 bits per heavy atom. The van der Waals surface area contributed by atoms with Crippen LogP contribution in [0.25, 0.3) is 6.08 Å². The van der Waals surface area contributed by atoms with Crippen LogP contribution in [0.15, 0.2) is 36.3 Å². The molecule has 30 heavy (non-hydrogen) atoms. The van der Waals surface area contributed by atoms with Gasteiger partial charge in [0.15, 0.2) is 0 Å². The number of rotatable bonds is 6. The van der Waals surface area contributed by atoms with Crippen LogP contribution < -0.4 is 5.32 Å². The van der Waals surface area contributed by atoms with E-state index < -0.39 is 23.4 Å². The first-order valence-corrected chi connectivity index (χ1v) is 9.34. The summed E-state index contributed by atoms with van der Waals surface area (Å²) in [5, 5.41) is 2.35. The van der Waals surface area contributed by atoms with Gasteiger partial charge in [-0.2, -0.15) is 0 Å². The number of hydrogen-bond donors (Lipinski definition) is 1. The van der Waals surface area contributed by atoms with E-state index in [4.69, 9.17) is 21.1 Å². The normalized spacial score (nSPS) is 11.6. The molecule has 1 amide bonds. The Bertz CT molecular complexity index is 968. The van der Waals surface area contributed by atoms with E-state index in [1.54, 1.807) is 27.7 Å². The molecule has 9 nitrogen and oxygen atoms in total. The van der Waals surface area contributed by atoms with Crippen molar-refractivity contribution >= 4 is 41.5 Å². The fourth-order valence-electron chi connectivity index (χ4n) is 2.17. The molecule has 0 atom stereocenters. The van der Waals surface area contributed by atoms with Gasteiger partial charge in [0.2, 0.25) is 11.7 Å². The topological polar surface area (TPSA) is 120 Å². The Balaban J connectivity index is 2.28. The van der Waals surface area contributed by atoms with Crippen molar-refractivity contribution < 1.29 is 23.9 Å². The van der Waals surface area contributed by atoms with E-state index in [9.17, 15) is 14.4 Å². The van der Waals surface area contributed by atoms with Crippen LogP contribution in [-0.2, 0) is 14.3 Å². The number of pyridine rings is 1. The smallest absolute Gasteiger partial charge is 0.414 e. The van der Waals surface area contributed by atoms with Gasteiger partial charge >= 0.3 is 12.1 Å². The van der Waals surface area contributed by atoms with Gasteiger partial charge in [0, 0.05) is 24.2 Å². The van der Waals surface area contributed by atoms with Gasteiger partial charge in [-0.25, -0.2) is 24.5 Å². The molecule has 0 radical (unpaired) electrons. The van der Waals surface area contributed by atoms with Gasteiger partial charge in [-0.05, 0) is 45.9 Å². The molecule has 0 fully saturated rings. The third-order valence-corrected chi connectivity index (χ3v) is 3.64. The molecule has 0 spiro atoms. The molecule has 0 unspecified atom stereocenters. The monoisotopic (exact) mass is 432 g/mol. The minimum absolute atomic E-state index is 0.000662. The molecule has 0 saturated carbocycles. The molecule has 2 heterocycles. The Kier molecular flexibility index (Phi) is 7.60. The van der Waals surface area contributed by atoms with Crippen LogP contribution in [0.3, 0.4) is 0 Å². The van der Waals surface area contributed by atoms with E-state index in [2.05, 4.69) is 20.3 Å². The number of halogens is 1. The first-order valence-electron chi connectivity index (χ1n) is 8.96. The van der Waals surface area contributed by atoms with Gasteiger partial charge in [-0.15, -0.1) is 0 Å².